The fraction of sp³-hybridized carbons (Fsp3) is 0.381. The second-order valence-electron chi connectivity index (χ2n) is 7.04. The van der Waals surface area contributed by atoms with E-state index in [-0.39, 0.29) is 30.4 Å². The van der Waals surface area contributed by atoms with Crippen molar-refractivity contribution in [1.29, 1.82) is 0 Å². The molecule has 1 fully saturated rings. The van der Waals surface area contributed by atoms with E-state index in [1.54, 1.807) is 24.3 Å². The molecule has 27 heavy (non-hydrogen) atoms. The molecule has 1 heterocycles. The molecule has 0 spiro atoms. The quantitative estimate of drug-likeness (QED) is 0.774. The molecule has 0 radical (unpaired) electrons. The molecule has 1 aliphatic heterocycles. The van der Waals surface area contributed by atoms with Gasteiger partial charge < -0.3 is 9.64 Å². The number of hydrogen-bond acceptors (Lipinski definition) is 3. The second kappa shape index (κ2) is 8.72. The van der Waals surface area contributed by atoms with Crippen LogP contribution in [0, 0.1) is 5.82 Å². The number of rotatable bonds is 5. The molecule has 0 aromatic heterocycles. The van der Waals surface area contributed by atoms with Crippen LogP contribution in [0.15, 0.2) is 48.5 Å². The Bertz CT molecular complexity index is 767. The molecule has 1 aliphatic rings. The lowest BCUT2D eigenvalue weighted by molar-refractivity contribution is -0.139. The molecule has 2 aromatic rings. The average molecular weight is 391 g/mol. The maximum atomic E-state index is 13.1. The van der Waals surface area contributed by atoms with E-state index in [1.165, 1.54) is 12.1 Å². The predicted octanol–water partition coefficient (Wildman–Crippen LogP) is 3.98. The molecule has 144 valence electrons. The molecule has 4 nitrogen and oxygen atoms in total. The second-order valence-corrected chi connectivity index (χ2v) is 7.48. The minimum Gasteiger partial charge on any atom is -0.484 e. The van der Waals surface area contributed by atoms with Gasteiger partial charge in [-0.1, -0.05) is 23.7 Å². The molecule has 0 aliphatic carbocycles. The van der Waals surface area contributed by atoms with Gasteiger partial charge in [0.25, 0.3) is 5.91 Å². The fourth-order valence-corrected chi connectivity index (χ4v) is 3.48. The van der Waals surface area contributed by atoms with E-state index in [1.807, 2.05) is 24.0 Å². The number of hydrogen-bond donors (Lipinski definition) is 0. The van der Waals surface area contributed by atoms with Crippen LogP contribution in [0.4, 0.5) is 4.39 Å². The standard InChI is InChI=1S/C21H24ClFN2O2/c1-15-12-25(21(26)14-27-20-9-5-18(22)6-10-20)16(2)11-24(15)13-17-3-7-19(23)8-4-17/h3-10,15-16H,11-14H2,1-2H3/t15-,16-/m0/s1. The molecular formula is C21H24ClFN2O2. The molecule has 0 N–H and O–H groups in total. The van der Waals surface area contributed by atoms with Gasteiger partial charge in [-0.05, 0) is 55.8 Å². The van der Waals surface area contributed by atoms with Crippen LogP contribution < -0.4 is 4.74 Å². The molecule has 0 unspecified atom stereocenters. The third-order valence-electron chi connectivity index (χ3n) is 4.91. The van der Waals surface area contributed by atoms with E-state index in [0.29, 0.717) is 17.3 Å². The van der Waals surface area contributed by atoms with Gasteiger partial charge in [0.15, 0.2) is 6.61 Å². The third kappa shape index (κ3) is 5.21. The summed E-state index contributed by atoms with van der Waals surface area (Å²) in [4.78, 5) is 16.8. The van der Waals surface area contributed by atoms with Gasteiger partial charge in [-0.15, -0.1) is 0 Å². The number of benzene rings is 2. The molecule has 3 rings (SSSR count). The average Bonchev–Trinajstić information content (AvgIpc) is 2.65. The molecule has 2 aromatic carbocycles. The van der Waals surface area contributed by atoms with Gasteiger partial charge in [-0.2, -0.15) is 0 Å². The number of ether oxygens (including phenoxy) is 1. The number of carbonyl (C=O) groups is 1. The highest BCUT2D eigenvalue weighted by atomic mass is 35.5. The van der Waals surface area contributed by atoms with E-state index in [0.717, 1.165) is 18.7 Å². The van der Waals surface area contributed by atoms with E-state index in [2.05, 4.69) is 11.8 Å². The van der Waals surface area contributed by atoms with Crippen molar-refractivity contribution < 1.29 is 13.9 Å². The van der Waals surface area contributed by atoms with Crippen molar-refractivity contribution in [2.45, 2.75) is 32.5 Å². The monoisotopic (exact) mass is 390 g/mol. The first-order valence-electron chi connectivity index (χ1n) is 9.08. The Morgan fingerprint density at radius 3 is 2.41 bits per heavy atom. The predicted molar refractivity (Wildman–Crippen MR) is 104 cm³/mol. The van der Waals surface area contributed by atoms with Crippen molar-refractivity contribution in [1.82, 2.24) is 9.80 Å². The highest BCUT2D eigenvalue weighted by Crippen LogP contribution is 2.20. The minimum atomic E-state index is -0.226. The summed E-state index contributed by atoms with van der Waals surface area (Å²) in [7, 11) is 0. The highest BCUT2D eigenvalue weighted by molar-refractivity contribution is 6.30. The lowest BCUT2D eigenvalue weighted by Gasteiger charge is -2.44. The lowest BCUT2D eigenvalue weighted by atomic mass is 10.1. The summed E-state index contributed by atoms with van der Waals surface area (Å²) >= 11 is 5.86. The number of carbonyl (C=O) groups excluding carboxylic acids is 1. The zero-order chi connectivity index (χ0) is 19.4. The van der Waals surface area contributed by atoms with Gasteiger partial charge in [-0.3, -0.25) is 9.69 Å². The zero-order valence-electron chi connectivity index (χ0n) is 15.6. The summed E-state index contributed by atoms with van der Waals surface area (Å²) < 4.78 is 18.7. The number of amides is 1. The summed E-state index contributed by atoms with van der Waals surface area (Å²) in [5.74, 6) is 0.380. The van der Waals surface area contributed by atoms with Gasteiger partial charge in [0.05, 0.1) is 0 Å². The molecule has 0 saturated carbocycles. The van der Waals surface area contributed by atoms with Crippen molar-refractivity contribution >= 4 is 17.5 Å². The minimum absolute atomic E-state index is 0.0106. The Hall–Kier alpha value is -2.11. The van der Waals surface area contributed by atoms with Crippen molar-refractivity contribution in [3.63, 3.8) is 0 Å². The Labute approximate surface area is 164 Å². The Morgan fingerprint density at radius 2 is 1.74 bits per heavy atom. The Balaban J connectivity index is 1.54. The molecular weight excluding hydrogens is 367 g/mol. The molecule has 1 saturated heterocycles. The SMILES string of the molecule is C[C@H]1CN(C(=O)COc2ccc(Cl)cc2)[C@@H](C)CN1Cc1ccc(F)cc1. The van der Waals surface area contributed by atoms with E-state index in [4.69, 9.17) is 16.3 Å². The first-order valence-corrected chi connectivity index (χ1v) is 9.46. The largest absolute Gasteiger partial charge is 0.484 e. The summed E-state index contributed by atoms with van der Waals surface area (Å²) in [6.07, 6.45) is 0. The number of piperazine rings is 1. The molecule has 0 bridgehead atoms. The van der Waals surface area contributed by atoms with E-state index in [9.17, 15) is 9.18 Å². The van der Waals surface area contributed by atoms with Crippen molar-refractivity contribution in [2.24, 2.45) is 0 Å². The van der Waals surface area contributed by atoms with Gasteiger partial charge in [0.2, 0.25) is 0 Å². The number of nitrogens with zero attached hydrogens (tertiary/aromatic N) is 2. The van der Waals surface area contributed by atoms with Crippen LogP contribution in [0.5, 0.6) is 5.75 Å². The maximum absolute atomic E-state index is 13.1. The topological polar surface area (TPSA) is 32.8 Å². The summed E-state index contributed by atoms with van der Waals surface area (Å²) in [5.41, 5.74) is 1.07. The Kier molecular flexibility index (Phi) is 6.34. The van der Waals surface area contributed by atoms with Gasteiger partial charge in [0, 0.05) is 36.7 Å². The summed E-state index contributed by atoms with van der Waals surface area (Å²) in [5, 5.41) is 0.633. The van der Waals surface area contributed by atoms with Gasteiger partial charge >= 0.3 is 0 Å². The van der Waals surface area contributed by atoms with Gasteiger partial charge in [-0.25, -0.2) is 4.39 Å². The van der Waals surface area contributed by atoms with Crippen LogP contribution in [0.1, 0.15) is 19.4 Å². The van der Waals surface area contributed by atoms with Crippen molar-refractivity contribution in [2.75, 3.05) is 19.7 Å². The normalized spacial score (nSPS) is 20.5. The van der Waals surface area contributed by atoms with Gasteiger partial charge in [0.1, 0.15) is 11.6 Å². The van der Waals surface area contributed by atoms with Crippen molar-refractivity contribution in [3.05, 3.63) is 64.9 Å². The van der Waals surface area contributed by atoms with E-state index >= 15 is 0 Å². The maximum Gasteiger partial charge on any atom is 0.260 e. The molecule has 2 atom stereocenters. The lowest BCUT2D eigenvalue weighted by Crippen LogP contribution is -2.58. The van der Waals surface area contributed by atoms with E-state index < -0.39 is 0 Å². The number of halogens is 2. The fourth-order valence-electron chi connectivity index (χ4n) is 3.35. The molecule has 6 heteroatoms. The van der Waals surface area contributed by atoms with Crippen LogP contribution in [0.2, 0.25) is 5.02 Å². The summed E-state index contributed by atoms with van der Waals surface area (Å²) in [6.45, 7) is 6.32. The molecule has 1 amide bonds. The van der Waals surface area contributed by atoms with Crippen LogP contribution in [-0.4, -0.2) is 47.5 Å². The van der Waals surface area contributed by atoms with Crippen LogP contribution in [0.3, 0.4) is 0 Å². The van der Waals surface area contributed by atoms with Crippen LogP contribution in [0.25, 0.3) is 0 Å². The first kappa shape index (κ1) is 19.6. The van der Waals surface area contributed by atoms with Crippen molar-refractivity contribution in [3.8, 4) is 5.75 Å². The third-order valence-corrected chi connectivity index (χ3v) is 5.16. The first-order chi connectivity index (χ1) is 12.9. The zero-order valence-corrected chi connectivity index (χ0v) is 16.3. The Morgan fingerprint density at radius 1 is 1.07 bits per heavy atom. The summed E-state index contributed by atoms with van der Waals surface area (Å²) in [6, 6.07) is 13.9. The smallest absolute Gasteiger partial charge is 0.260 e. The van der Waals surface area contributed by atoms with Crippen LogP contribution in [-0.2, 0) is 11.3 Å². The highest BCUT2D eigenvalue weighted by Gasteiger charge is 2.32. The van der Waals surface area contributed by atoms with Crippen LogP contribution >= 0.6 is 11.6 Å².